The number of pyridine rings is 1. The first-order valence-corrected chi connectivity index (χ1v) is 9.36. The minimum absolute atomic E-state index is 0. The van der Waals surface area contributed by atoms with Crippen molar-refractivity contribution in [3.8, 4) is 5.82 Å². The van der Waals surface area contributed by atoms with Crippen LogP contribution in [0.2, 0.25) is 0 Å². The van der Waals surface area contributed by atoms with Crippen molar-refractivity contribution in [1.82, 2.24) is 25.2 Å². The van der Waals surface area contributed by atoms with Gasteiger partial charge in [-0.1, -0.05) is 6.07 Å². The summed E-state index contributed by atoms with van der Waals surface area (Å²) in [6.45, 7) is 5.99. The molecule has 0 aliphatic heterocycles. The highest BCUT2D eigenvalue weighted by molar-refractivity contribution is 14.0. The fraction of sp³-hybridized carbons (Fsp3) is 0.286. The lowest BCUT2D eigenvalue weighted by Crippen LogP contribution is -2.38. The third-order valence-corrected chi connectivity index (χ3v) is 4.33. The Labute approximate surface area is 187 Å². The summed E-state index contributed by atoms with van der Waals surface area (Å²) in [4.78, 5) is 13.1. The zero-order valence-corrected chi connectivity index (χ0v) is 18.9. The summed E-state index contributed by atoms with van der Waals surface area (Å²) < 4.78 is 15.1. The molecule has 0 saturated heterocycles. The highest BCUT2D eigenvalue weighted by Crippen LogP contribution is 2.10. The first-order valence-electron chi connectivity index (χ1n) is 9.36. The molecule has 0 amide bonds. The zero-order chi connectivity index (χ0) is 19.8. The van der Waals surface area contributed by atoms with Crippen molar-refractivity contribution in [3.05, 3.63) is 77.8 Å². The van der Waals surface area contributed by atoms with Crippen LogP contribution in [-0.2, 0) is 13.0 Å². The van der Waals surface area contributed by atoms with Gasteiger partial charge in [-0.15, -0.1) is 24.0 Å². The van der Waals surface area contributed by atoms with E-state index in [1.54, 1.807) is 24.8 Å². The van der Waals surface area contributed by atoms with Crippen LogP contribution >= 0.6 is 24.0 Å². The van der Waals surface area contributed by atoms with Gasteiger partial charge in [0.1, 0.15) is 18.0 Å². The minimum Gasteiger partial charge on any atom is -0.357 e. The monoisotopic (exact) mass is 508 g/mol. The second-order valence-corrected chi connectivity index (χ2v) is 6.43. The van der Waals surface area contributed by atoms with Crippen LogP contribution in [-0.4, -0.2) is 33.6 Å². The number of nitrogens with one attached hydrogen (secondary N) is 2. The second kappa shape index (κ2) is 11.5. The number of imidazole rings is 1. The van der Waals surface area contributed by atoms with Gasteiger partial charge in [0, 0.05) is 31.7 Å². The normalized spacial score (nSPS) is 11.1. The van der Waals surface area contributed by atoms with Crippen molar-refractivity contribution in [1.29, 1.82) is 0 Å². The molecule has 0 fully saturated rings. The lowest BCUT2D eigenvalue weighted by Gasteiger charge is -2.12. The van der Waals surface area contributed by atoms with Gasteiger partial charge in [0.2, 0.25) is 0 Å². The minimum atomic E-state index is -0.198. The fourth-order valence-corrected chi connectivity index (χ4v) is 2.86. The predicted molar refractivity (Wildman–Crippen MR) is 124 cm³/mol. The Balaban J connectivity index is 0.00000300. The van der Waals surface area contributed by atoms with Crippen LogP contribution < -0.4 is 10.6 Å². The lowest BCUT2D eigenvalue weighted by atomic mass is 10.1. The van der Waals surface area contributed by atoms with Crippen LogP contribution in [0.25, 0.3) is 5.82 Å². The van der Waals surface area contributed by atoms with Gasteiger partial charge in [-0.3, -0.25) is 4.57 Å². The van der Waals surface area contributed by atoms with E-state index in [1.807, 2.05) is 42.8 Å². The van der Waals surface area contributed by atoms with Gasteiger partial charge in [-0.2, -0.15) is 0 Å². The second-order valence-electron chi connectivity index (χ2n) is 6.43. The number of rotatable bonds is 7. The maximum atomic E-state index is 13.2. The van der Waals surface area contributed by atoms with Crippen molar-refractivity contribution < 1.29 is 4.39 Å². The number of guanidine groups is 1. The third kappa shape index (κ3) is 6.81. The Morgan fingerprint density at radius 3 is 2.76 bits per heavy atom. The maximum absolute atomic E-state index is 13.2. The van der Waals surface area contributed by atoms with Gasteiger partial charge >= 0.3 is 0 Å². The molecule has 2 heterocycles. The van der Waals surface area contributed by atoms with E-state index in [0.29, 0.717) is 6.54 Å². The molecular weight excluding hydrogens is 482 g/mol. The van der Waals surface area contributed by atoms with Crippen molar-refractivity contribution in [2.75, 3.05) is 13.1 Å². The highest BCUT2D eigenvalue weighted by Gasteiger charge is 2.03. The topological polar surface area (TPSA) is 67.1 Å². The SMILES string of the molecule is CCNC(=NCc1ccnc(-n2ccnc2)c1)NCCc1ccc(F)cc1C.I. The molecule has 1 aromatic carbocycles. The molecule has 3 aromatic rings. The molecule has 0 spiro atoms. The van der Waals surface area contributed by atoms with E-state index in [0.717, 1.165) is 48.0 Å². The number of aliphatic imine (C=N–C) groups is 1. The van der Waals surface area contributed by atoms with E-state index >= 15 is 0 Å². The number of halogens is 2. The molecule has 2 aromatic heterocycles. The van der Waals surface area contributed by atoms with Crippen LogP contribution in [0, 0.1) is 12.7 Å². The molecule has 0 bridgehead atoms. The van der Waals surface area contributed by atoms with Crippen LogP contribution in [0.4, 0.5) is 4.39 Å². The maximum Gasteiger partial charge on any atom is 0.191 e. The molecule has 3 rings (SSSR count). The van der Waals surface area contributed by atoms with E-state index in [2.05, 4.69) is 25.6 Å². The first-order chi connectivity index (χ1) is 13.7. The number of hydrogen-bond donors (Lipinski definition) is 2. The lowest BCUT2D eigenvalue weighted by molar-refractivity contribution is 0.625. The fourth-order valence-electron chi connectivity index (χ4n) is 2.86. The summed E-state index contributed by atoms with van der Waals surface area (Å²) in [5.74, 6) is 1.37. The average molecular weight is 508 g/mol. The summed E-state index contributed by atoms with van der Waals surface area (Å²) in [5, 5.41) is 6.59. The smallest absolute Gasteiger partial charge is 0.191 e. The molecule has 0 aliphatic carbocycles. The Kier molecular flexibility index (Phi) is 9.04. The van der Waals surface area contributed by atoms with Gasteiger partial charge in [0.15, 0.2) is 5.96 Å². The van der Waals surface area contributed by atoms with Crippen LogP contribution in [0.3, 0.4) is 0 Å². The summed E-state index contributed by atoms with van der Waals surface area (Å²) in [5.41, 5.74) is 3.15. The van der Waals surface area contributed by atoms with Crippen LogP contribution in [0.5, 0.6) is 0 Å². The van der Waals surface area contributed by atoms with Gasteiger partial charge in [-0.25, -0.2) is 19.4 Å². The van der Waals surface area contributed by atoms with E-state index in [4.69, 9.17) is 0 Å². The first kappa shape index (κ1) is 22.8. The summed E-state index contributed by atoms with van der Waals surface area (Å²) >= 11 is 0. The molecule has 154 valence electrons. The molecule has 6 nitrogen and oxygen atoms in total. The van der Waals surface area contributed by atoms with Crippen molar-refractivity contribution in [2.45, 2.75) is 26.8 Å². The van der Waals surface area contributed by atoms with Crippen LogP contribution in [0.1, 0.15) is 23.6 Å². The predicted octanol–water partition coefficient (Wildman–Crippen LogP) is 3.63. The third-order valence-electron chi connectivity index (χ3n) is 4.33. The Hall–Kier alpha value is -2.49. The molecule has 29 heavy (non-hydrogen) atoms. The van der Waals surface area contributed by atoms with E-state index < -0.39 is 0 Å². The summed E-state index contributed by atoms with van der Waals surface area (Å²) in [6.07, 6.45) is 7.88. The number of aromatic nitrogens is 3. The van der Waals surface area contributed by atoms with Gasteiger partial charge in [-0.05, 0) is 61.2 Å². The number of benzene rings is 1. The average Bonchev–Trinajstić information content (AvgIpc) is 3.23. The molecule has 0 radical (unpaired) electrons. The number of aryl methyl sites for hydroxylation is 1. The standard InChI is InChI=1S/C21H25FN6.HI/c1-3-24-21(26-9-7-18-4-5-19(22)12-16(18)2)27-14-17-6-8-25-20(13-17)28-11-10-23-15-28;/h4-6,8,10-13,15H,3,7,9,14H2,1-2H3,(H2,24,26,27);1H. The molecule has 8 heteroatoms. The molecular formula is C21H26FIN6. The summed E-state index contributed by atoms with van der Waals surface area (Å²) in [6, 6.07) is 8.86. The quantitative estimate of drug-likeness (QED) is 0.291. The van der Waals surface area contributed by atoms with Gasteiger partial charge < -0.3 is 10.6 Å². The molecule has 0 unspecified atom stereocenters. The molecule has 0 atom stereocenters. The zero-order valence-electron chi connectivity index (χ0n) is 16.6. The summed E-state index contributed by atoms with van der Waals surface area (Å²) in [7, 11) is 0. The Morgan fingerprint density at radius 2 is 2.03 bits per heavy atom. The molecule has 0 aliphatic rings. The van der Waals surface area contributed by atoms with Gasteiger partial charge in [0.25, 0.3) is 0 Å². The number of hydrogen-bond acceptors (Lipinski definition) is 3. The van der Waals surface area contributed by atoms with Crippen molar-refractivity contribution in [2.24, 2.45) is 4.99 Å². The van der Waals surface area contributed by atoms with Crippen molar-refractivity contribution >= 4 is 29.9 Å². The van der Waals surface area contributed by atoms with Gasteiger partial charge in [0.05, 0.1) is 6.54 Å². The van der Waals surface area contributed by atoms with E-state index in [9.17, 15) is 4.39 Å². The molecule has 2 N–H and O–H groups in total. The van der Waals surface area contributed by atoms with E-state index in [-0.39, 0.29) is 29.8 Å². The van der Waals surface area contributed by atoms with Crippen molar-refractivity contribution in [3.63, 3.8) is 0 Å². The molecule has 0 saturated carbocycles. The van der Waals surface area contributed by atoms with Crippen LogP contribution in [0.15, 0.2) is 60.2 Å². The number of nitrogens with zero attached hydrogens (tertiary/aromatic N) is 4. The highest BCUT2D eigenvalue weighted by atomic mass is 127. The van der Waals surface area contributed by atoms with E-state index in [1.165, 1.54) is 6.07 Å². The largest absolute Gasteiger partial charge is 0.357 e. The Bertz CT molecular complexity index is 927. The Morgan fingerprint density at radius 1 is 1.17 bits per heavy atom.